The Balaban J connectivity index is 2.73. The summed E-state index contributed by atoms with van der Waals surface area (Å²) < 4.78 is 25.6. The summed E-state index contributed by atoms with van der Waals surface area (Å²) in [5, 5.41) is 0. The quantitative estimate of drug-likeness (QED) is 0.827. The second kappa shape index (κ2) is 6.19. The molecular formula is C13H15NO3S. The van der Waals surface area contributed by atoms with Gasteiger partial charge >= 0.3 is 0 Å². The zero-order chi connectivity index (χ0) is 13.6. The van der Waals surface area contributed by atoms with Gasteiger partial charge in [-0.3, -0.25) is 4.79 Å². The minimum atomic E-state index is -3.76. The molecule has 1 aromatic rings. The van der Waals surface area contributed by atoms with Gasteiger partial charge < -0.3 is 0 Å². The molecule has 0 saturated heterocycles. The minimum Gasteiger partial charge on any atom is -0.274 e. The third-order valence-electron chi connectivity index (χ3n) is 2.24. The van der Waals surface area contributed by atoms with Crippen molar-refractivity contribution >= 4 is 15.9 Å². The van der Waals surface area contributed by atoms with E-state index in [0.29, 0.717) is 6.42 Å². The first-order chi connectivity index (χ1) is 8.45. The molecule has 0 bridgehead atoms. The van der Waals surface area contributed by atoms with Crippen LogP contribution in [0, 0.1) is 6.92 Å². The largest absolute Gasteiger partial charge is 0.274 e. The molecule has 0 aliphatic carbocycles. The Morgan fingerprint density at radius 3 is 2.56 bits per heavy atom. The normalized spacial score (nSPS) is 10.5. The molecule has 0 heterocycles. The molecule has 1 amide bonds. The smallest absolute Gasteiger partial charge is 0.264 e. The zero-order valence-corrected chi connectivity index (χ0v) is 11.0. The van der Waals surface area contributed by atoms with Crippen molar-refractivity contribution in [3.05, 3.63) is 48.2 Å². The summed E-state index contributed by atoms with van der Waals surface area (Å²) in [7, 11) is -3.76. The molecule has 18 heavy (non-hydrogen) atoms. The summed E-state index contributed by atoms with van der Waals surface area (Å²) in [6.45, 7) is 5.22. The molecule has 96 valence electrons. The lowest BCUT2D eigenvalue weighted by molar-refractivity contribution is -0.119. The van der Waals surface area contributed by atoms with Crippen LogP contribution in [0.15, 0.2) is 47.5 Å². The Bertz CT molecular complexity index is 567. The number of nitrogens with one attached hydrogen (secondary N) is 1. The van der Waals surface area contributed by atoms with Crippen LogP contribution in [0.4, 0.5) is 0 Å². The number of hydrogen-bond donors (Lipinski definition) is 1. The second-order valence-electron chi connectivity index (χ2n) is 3.79. The molecule has 0 radical (unpaired) electrons. The molecular weight excluding hydrogens is 250 g/mol. The molecule has 0 saturated carbocycles. The van der Waals surface area contributed by atoms with E-state index < -0.39 is 15.9 Å². The van der Waals surface area contributed by atoms with Crippen molar-refractivity contribution in [2.45, 2.75) is 24.7 Å². The Kier molecular flexibility index (Phi) is 4.89. The number of carbonyl (C=O) groups excluding carboxylic acids is 1. The van der Waals surface area contributed by atoms with E-state index in [1.54, 1.807) is 18.2 Å². The van der Waals surface area contributed by atoms with Crippen LogP contribution in [-0.4, -0.2) is 14.3 Å². The lowest BCUT2D eigenvalue weighted by atomic mass is 10.2. The van der Waals surface area contributed by atoms with Crippen LogP contribution >= 0.6 is 0 Å². The molecule has 0 aliphatic heterocycles. The number of benzene rings is 1. The van der Waals surface area contributed by atoms with Crippen LogP contribution < -0.4 is 4.72 Å². The molecule has 0 aromatic heterocycles. The maximum absolute atomic E-state index is 11.8. The molecule has 1 N–H and O–H groups in total. The minimum absolute atomic E-state index is 0.0840. The molecule has 0 atom stereocenters. The van der Waals surface area contributed by atoms with Gasteiger partial charge in [0.05, 0.1) is 4.90 Å². The van der Waals surface area contributed by atoms with Gasteiger partial charge in [0, 0.05) is 6.42 Å². The number of hydrogen-bond acceptors (Lipinski definition) is 3. The summed E-state index contributed by atoms with van der Waals surface area (Å²) in [4.78, 5) is 11.5. The summed E-state index contributed by atoms with van der Waals surface area (Å²) >= 11 is 0. The van der Waals surface area contributed by atoms with Crippen molar-refractivity contribution < 1.29 is 13.2 Å². The van der Waals surface area contributed by atoms with E-state index in [1.807, 2.05) is 11.6 Å². The lowest BCUT2D eigenvalue weighted by Crippen LogP contribution is -2.30. The molecule has 1 rings (SSSR count). The molecule has 0 aliphatic rings. The van der Waals surface area contributed by atoms with Crippen LogP contribution in [0.2, 0.25) is 0 Å². The summed E-state index contributed by atoms with van der Waals surface area (Å²) in [5.41, 5.74) is 3.47. The fourth-order valence-electron chi connectivity index (χ4n) is 1.28. The number of sulfonamides is 1. The molecule has 5 heteroatoms. The number of rotatable bonds is 5. The van der Waals surface area contributed by atoms with E-state index in [9.17, 15) is 13.2 Å². The lowest BCUT2D eigenvalue weighted by Gasteiger charge is -2.06. The van der Waals surface area contributed by atoms with Gasteiger partial charge in [-0.25, -0.2) is 13.1 Å². The fraction of sp³-hybridized carbons (Fsp3) is 0.231. The van der Waals surface area contributed by atoms with E-state index >= 15 is 0 Å². The average molecular weight is 265 g/mol. The van der Waals surface area contributed by atoms with E-state index in [-0.39, 0.29) is 11.3 Å². The Labute approximate surface area is 107 Å². The van der Waals surface area contributed by atoms with Gasteiger partial charge in [-0.2, -0.15) is 0 Å². The number of carbonyl (C=O) groups is 1. The first-order valence-corrected chi connectivity index (χ1v) is 6.90. The number of aryl methyl sites for hydroxylation is 1. The van der Waals surface area contributed by atoms with Gasteiger partial charge in [0.15, 0.2) is 0 Å². The van der Waals surface area contributed by atoms with Crippen LogP contribution in [0.5, 0.6) is 0 Å². The first-order valence-electron chi connectivity index (χ1n) is 5.42. The SMILES string of the molecule is C=C=CCCC(=O)NS(=O)(=O)c1ccc(C)cc1. The van der Waals surface area contributed by atoms with Gasteiger partial charge in [0.1, 0.15) is 0 Å². The molecule has 0 spiro atoms. The number of amides is 1. The molecule has 0 fully saturated rings. The maximum Gasteiger partial charge on any atom is 0.264 e. The highest BCUT2D eigenvalue weighted by molar-refractivity contribution is 7.90. The van der Waals surface area contributed by atoms with Gasteiger partial charge in [-0.15, -0.1) is 5.73 Å². The predicted octanol–water partition coefficient (Wildman–Crippen LogP) is 1.92. The Morgan fingerprint density at radius 2 is 2.00 bits per heavy atom. The van der Waals surface area contributed by atoms with E-state index in [4.69, 9.17) is 0 Å². The van der Waals surface area contributed by atoms with Crippen molar-refractivity contribution in [3.63, 3.8) is 0 Å². The van der Waals surface area contributed by atoms with Crippen molar-refractivity contribution in [1.82, 2.24) is 4.72 Å². The van der Waals surface area contributed by atoms with Crippen molar-refractivity contribution in [2.24, 2.45) is 0 Å². The van der Waals surface area contributed by atoms with Crippen molar-refractivity contribution in [1.29, 1.82) is 0 Å². The zero-order valence-electron chi connectivity index (χ0n) is 10.1. The highest BCUT2D eigenvalue weighted by Gasteiger charge is 2.16. The van der Waals surface area contributed by atoms with Gasteiger partial charge in [-0.1, -0.05) is 24.3 Å². The van der Waals surface area contributed by atoms with Gasteiger partial charge in [0.25, 0.3) is 10.0 Å². The Morgan fingerprint density at radius 1 is 1.39 bits per heavy atom. The Hall–Kier alpha value is -1.84. The van der Waals surface area contributed by atoms with Crippen LogP contribution in [-0.2, 0) is 14.8 Å². The second-order valence-corrected chi connectivity index (χ2v) is 5.47. The molecule has 0 unspecified atom stereocenters. The van der Waals surface area contributed by atoms with Crippen LogP contribution in [0.3, 0.4) is 0 Å². The standard InChI is InChI=1S/C13H15NO3S/c1-3-4-5-6-13(15)14-18(16,17)12-9-7-11(2)8-10-12/h4,7-10H,1,5-6H2,2H3,(H,14,15). The maximum atomic E-state index is 11.8. The monoisotopic (exact) mass is 265 g/mol. The topological polar surface area (TPSA) is 63.2 Å². The third-order valence-corrected chi connectivity index (χ3v) is 3.63. The summed E-state index contributed by atoms with van der Waals surface area (Å²) in [6.07, 6.45) is 2.09. The fourth-order valence-corrected chi connectivity index (χ4v) is 2.30. The molecule has 4 nitrogen and oxygen atoms in total. The van der Waals surface area contributed by atoms with Crippen LogP contribution in [0.25, 0.3) is 0 Å². The van der Waals surface area contributed by atoms with Crippen molar-refractivity contribution in [2.75, 3.05) is 0 Å². The van der Waals surface area contributed by atoms with E-state index in [1.165, 1.54) is 12.1 Å². The van der Waals surface area contributed by atoms with Crippen molar-refractivity contribution in [3.8, 4) is 0 Å². The summed E-state index contributed by atoms with van der Waals surface area (Å²) in [5.74, 6) is -0.540. The predicted molar refractivity (Wildman–Crippen MR) is 69.5 cm³/mol. The first kappa shape index (κ1) is 14.2. The van der Waals surface area contributed by atoms with Gasteiger partial charge in [-0.05, 0) is 31.6 Å². The van der Waals surface area contributed by atoms with Gasteiger partial charge in [0.2, 0.25) is 5.91 Å². The van der Waals surface area contributed by atoms with Crippen LogP contribution in [0.1, 0.15) is 18.4 Å². The highest BCUT2D eigenvalue weighted by Crippen LogP contribution is 2.10. The van der Waals surface area contributed by atoms with E-state index in [0.717, 1.165) is 5.56 Å². The van der Waals surface area contributed by atoms with E-state index in [2.05, 4.69) is 12.3 Å². The third kappa shape index (κ3) is 4.20. The average Bonchev–Trinajstić information content (AvgIpc) is 2.29. The molecule has 1 aromatic carbocycles. The number of allylic oxidation sites excluding steroid dienone is 1. The highest BCUT2D eigenvalue weighted by atomic mass is 32.2. The summed E-state index contributed by atoms with van der Waals surface area (Å²) in [6, 6.07) is 6.29.